The zero-order valence-electron chi connectivity index (χ0n) is 10.7. The third-order valence-electron chi connectivity index (χ3n) is 4.09. The minimum atomic E-state index is -3.04. The van der Waals surface area contributed by atoms with Crippen LogP contribution in [0.1, 0.15) is 38.5 Å². The topological polar surface area (TPSA) is 49.4 Å². The molecule has 0 aromatic rings. The smallest absolute Gasteiger partial charge is 0.208 e. The lowest BCUT2D eigenvalue weighted by Crippen LogP contribution is -2.45. The molecule has 0 bridgehead atoms. The Morgan fingerprint density at radius 1 is 1.12 bits per heavy atom. The molecule has 5 heteroatoms. The van der Waals surface area contributed by atoms with Crippen molar-refractivity contribution < 1.29 is 8.42 Å². The fraction of sp³-hybridized carbons (Fsp3) is 1.00. The predicted octanol–water partition coefficient (Wildman–Crippen LogP) is 1.19. The predicted molar refractivity (Wildman–Crippen MR) is 69.4 cm³/mol. The highest BCUT2D eigenvalue weighted by atomic mass is 32.2. The Bertz CT molecular complexity index is 336. The molecule has 0 spiro atoms. The molecule has 1 aliphatic heterocycles. The molecule has 2 rings (SSSR count). The van der Waals surface area contributed by atoms with E-state index < -0.39 is 10.0 Å². The zero-order chi connectivity index (χ0) is 12.3. The van der Waals surface area contributed by atoms with Gasteiger partial charge in [-0.2, -0.15) is 0 Å². The van der Waals surface area contributed by atoms with Gasteiger partial charge in [0.25, 0.3) is 0 Å². The Labute approximate surface area is 105 Å². The first-order chi connectivity index (χ1) is 8.06. The minimum absolute atomic E-state index is 0.511. The van der Waals surface area contributed by atoms with Gasteiger partial charge in [-0.15, -0.1) is 0 Å². The molecule has 1 N–H and O–H groups in total. The summed E-state index contributed by atoms with van der Waals surface area (Å²) in [4.78, 5) is 2.58. The van der Waals surface area contributed by atoms with E-state index in [-0.39, 0.29) is 0 Å². The normalized spacial score (nSPS) is 31.8. The van der Waals surface area contributed by atoms with E-state index in [0.29, 0.717) is 18.5 Å². The van der Waals surface area contributed by atoms with Crippen LogP contribution in [0.3, 0.4) is 0 Å². The number of hydrogen-bond donors (Lipinski definition) is 1. The molecule has 0 radical (unpaired) electrons. The largest absolute Gasteiger partial charge is 0.300 e. The first-order valence-corrected chi connectivity index (χ1v) is 8.64. The number of sulfonamides is 1. The summed E-state index contributed by atoms with van der Waals surface area (Å²) >= 11 is 0. The summed E-state index contributed by atoms with van der Waals surface area (Å²) < 4.78 is 25.0. The second-order valence-electron chi connectivity index (χ2n) is 5.48. The van der Waals surface area contributed by atoms with Gasteiger partial charge in [0.2, 0.25) is 10.0 Å². The Balaban J connectivity index is 1.92. The van der Waals surface area contributed by atoms with E-state index in [2.05, 4.69) is 9.62 Å². The Morgan fingerprint density at radius 3 is 2.41 bits per heavy atom. The monoisotopic (exact) mass is 260 g/mol. The maximum atomic E-state index is 11.2. The summed E-state index contributed by atoms with van der Waals surface area (Å²) in [6.45, 7) is 3.04. The van der Waals surface area contributed by atoms with E-state index in [9.17, 15) is 8.42 Å². The van der Waals surface area contributed by atoms with E-state index in [4.69, 9.17) is 0 Å². The van der Waals surface area contributed by atoms with Crippen molar-refractivity contribution in [1.29, 1.82) is 0 Å². The summed E-state index contributed by atoms with van der Waals surface area (Å²) in [5.41, 5.74) is 0. The van der Waals surface area contributed by atoms with Gasteiger partial charge in [0, 0.05) is 12.6 Å². The van der Waals surface area contributed by atoms with Crippen LogP contribution in [0.4, 0.5) is 0 Å². The Hall–Kier alpha value is -0.130. The molecule has 0 aromatic carbocycles. The van der Waals surface area contributed by atoms with Gasteiger partial charge in [-0.1, -0.05) is 12.8 Å². The number of likely N-dealkylation sites (tertiary alicyclic amines) is 1. The molecule has 2 aliphatic rings. The molecule has 1 saturated heterocycles. The average molecular weight is 260 g/mol. The summed E-state index contributed by atoms with van der Waals surface area (Å²) in [7, 11) is -3.04. The zero-order valence-corrected chi connectivity index (χ0v) is 11.5. The number of nitrogens with zero attached hydrogens (tertiary/aromatic N) is 1. The molecule has 17 heavy (non-hydrogen) atoms. The molecule has 1 saturated carbocycles. The Kier molecular flexibility index (Phi) is 4.44. The second kappa shape index (κ2) is 5.67. The van der Waals surface area contributed by atoms with Crippen molar-refractivity contribution in [2.45, 2.75) is 44.6 Å². The van der Waals surface area contributed by atoms with Gasteiger partial charge in [0.1, 0.15) is 0 Å². The van der Waals surface area contributed by atoms with E-state index >= 15 is 0 Å². The van der Waals surface area contributed by atoms with Crippen LogP contribution in [-0.4, -0.2) is 45.2 Å². The van der Waals surface area contributed by atoms with Crippen LogP contribution >= 0.6 is 0 Å². The third kappa shape index (κ3) is 3.93. The first-order valence-electron chi connectivity index (χ1n) is 6.75. The van der Waals surface area contributed by atoms with Crippen molar-refractivity contribution in [1.82, 2.24) is 9.62 Å². The van der Waals surface area contributed by atoms with Crippen LogP contribution in [0.2, 0.25) is 0 Å². The second-order valence-corrected chi connectivity index (χ2v) is 7.31. The Morgan fingerprint density at radius 2 is 1.76 bits per heavy atom. The van der Waals surface area contributed by atoms with Crippen LogP contribution in [0.15, 0.2) is 0 Å². The van der Waals surface area contributed by atoms with Gasteiger partial charge < -0.3 is 4.90 Å². The van der Waals surface area contributed by atoms with Crippen LogP contribution in [0, 0.1) is 5.92 Å². The highest BCUT2D eigenvalue weighted by molar-refractivity contribution is 7.88. The third-order valence-corrected chi connectivity index (χ3v) is 4.78. The number of hydrogen-bond acceptors (Lipinski definition) is 3. The van der Waals surface area contributed by atoms with Gasteiger partial charge in [0.05, 0.1) is 6.26 Å². The van der Waals surface area contributed by atoms with Gasteiger partial charge in [-0.25, -0.2) is 13.1 Å². The maximum absolute atomic E-state index is 11.2. The molecule has 100 valence electrons. The van der Waals surface area contributed by atoms with Gasteiger partial charge in [-0.3, -0.25) is 0 Å². The van der Waals surface area contributed by atoms with Gasteiger partial charge in [-0.05, 0) is 44.7 Å². The van der Waals surface area contributed by atoms with Crippen molar-refractivity contribution in [3.8, 4) is 0 Å². The highest BCUT2D eigenvalue weighted by Gasteiger charge is 2.31. The molecule has 0 unspecified atom stereocenters. The van der Waals surface area contributed by atoms with Crippen molar-refractivity contribution in [3.05, 3.63) is 0 Å². The van der Waals surface area contributed by atoms with Crippen molar-refractivity contribution in [2.75, 3.05) is 25.9 Å². The van der Waals surface area contributed by atoms with Crippen LogP contribution in [0.25, 0.3) is 0 Å². The molecular formula is C12H24N2O2S. The van der Waals surface area contributed by atoms with Gasteiger partial charge >= 0.3 is 0 Å². The first kappa shape index (κ1) is 13.3. The molecular weight excluding hydrogens is 236 g/mol. The van der Waals surface area contributed by atoms with E-state index in [0.717, 1.165) is 0 Å². The van der Waals surface area contributed by atoms with Crippen molar-refractivity contribution >= 4 is 10.0 Å². The molecule has 0 aromatic heterocycles. The van der Waals surface area contributed by atoms with E-state index in [1.807, 2.05) is 0 Å². The molecule has 0 amide bonds. The van der Waals surface area contributed by atoms with Crippen LogP contribution in [-0.2, 0) is 10.0 Å². The highest BCUT2D eigenvalue weighted by Crippen LogP contribution is 2.30. The lowest BCUT2D eigenvalue weighted by molar-refractivity contribution is 0.130. The summed E-state index contributed by atoms with van der Waals surface area (Å²) in [6, 6.07) is 0.612. The standard InChI is InChI=1S/C12H24N2O2S/c1-17(15,16)13-10-11-6-2-3-7-12(11)14-8-4-5-9-14/h11-13H,2-10H2,1H3/t11-,12-/m0/s1. The molecule has 1 aliphatic carbocycles. The quantitative estimate of drug-likeness (QED) is 0.826. The summed E-state index contributed by atoms with van der Waals surface area (Å²) in [5, 5.41) is 0. The molecule has 4 nitrogen and oxygen atoms in total. The van der Waals surface area contributed by atoms with E-state index in [1.54, 1.807) is 0 Å². The fourth-order valence-corrected chi connectivity index (χ4v) is 3.76. The minimum Gasteiger partial charge on any atom is -0.300 e. The van der Waals surface area contributed by atoms with Gasteiger partial charge in [0.15, 0.2) is 0 Å². The number of nitrogens with one attached hydrogen (secondary N) is 1. The van der Waals surface area contributed by atoms with Crippen LogP contribution in [0.5, 0.6) is 0 Å². The van der Waals surface area contributed by atoms with Crippen molar-refractivity contribution in [3.63, 3.8) is 0 Å². The average Bonchev–Trinajstić information content (AvgIpc) is 2.79. The lowest BCUT2D eigenvalue weighted by atomic mass is 9.84. The fourth-order valence-electron chi connectivity index (χ4n) is 3.24. The number of rotatable bonds is 4. The lowest BCUT2D eigenvalue weighted by Gasteiger charge is -2.38. The molecule has 1 heterocycles. The SMILES string of the molecule is CS(=O)(=O)NC[C@@H]1CCCC[C@@H]1N1CCCC1. The van der Waals surface area contributed by atoms with E-state index in [1.165, 1.54) is 57.9 Å². The van der Waals surface area contributed by atoms with Crippen molar-refractivity contribution in [2.24, 2.45) is 5.92 Å². The summed E-state index contributed by atoms with van der Waals surface area (Å²) in [6.07, 6.45) is 8.84. The van der Waals surface area contributed by atoms with Crippen LogP contribution < -0.4 is 4.72 Å². The molecule has 2 fully saturated rings. The maximum Gasteiger partial charge on any atom is 0.208 e. The molecule has 2 atom stereocenters. The summed E-state index contributed by atoms with van der Waals surface area (Å²) in [5.74, 6) is 0.511.